The number of anilines is 1. The molecule has 1 aromatic rings. The van der Waals surface area contributed by atoms with E-state index >= 15 is 0 Å². The number of halogens is 1. The van der Waals surface area contributed by atoms with Crippen molar-refractivity contribution in [3.63, 3.8) is 0 Å². The minimum absolute atomic E-state index is 0.195. The quantitative estimate of drug-likeness (QED) is 0.849. The van der Waals surface area contributed by atoms with Crippen molar-refractivity contribution in [2.45, 2.75) is 11.8 Å². The molecule has 0 saturated heterocycles. The molecule has 0 saturated carbocycles. The lowest BCUT2D eigenvalue weighted by molar-refractivity contribution is 0.164. The second kappa shape index (κ2) is 5.50. The summed E-state index contributed by atoms with van der Waals surface area (Å²) in [5.41, 5.74) is 6.11. The SMILES string of the molecule is CCOC(=O)N=S(C)(=O)c1ccc(N)cc1Br. The molecule has 0 aromatic heterocycles. The van der Waals surface area contributed by atoms with Crippen molar-refractivity contribution in [3.05, 3.63) is 22.7 Å². The van der Waals surface area contributed by atoms with E-state index in [-0.39, 0.29) is 6.61 Å². The third-order valence-electron chi connectivity index (χ3n) is 1.88. The number of hydrogen-bond acceptors (Lipinski definition) is 4. The number of hydrogen-bond donors (Lipinski definition) is 1. The zero-order valence-corrected chi connectivity index (χ0v) is 11.9. The van der Waals surface area contributed by atoms with Gasteiger partial charge in [-0.15, -0.1) is 4.36 Å². The highest BCUT2D eigenvalue weighted by Crippen LogP contribution is 2.25. The molecule has 1 aromatic carbocycles. The summed E-state index contributed by atoms with van der Waals surface area (Å²) in [6.45, 7) is 1.85. The van der Waals surface area contributed by atoms with Crippen LogP contribution in [0.15, 0.2) is 31.9 Å². The topological polar surface area (TPSA) is 81.8 Å². The van der Waals surface area contributed by atoms with Crippen LogP contribution in [0.25, 0.3) is 0 Å². The fourth-order valence-electron chi connectivity index (χ4n) is 1.17. The van der Waals surface area contributed by atoms with E-state index in [2.05, 4.69) is 25.0 Å². The molecule has 5 nitrogen and oxygen atoms in total. The van der Waals surface area contributed by atoms with E-state index in [0.717, 1.165) is 0 Å². The Kier molecular flexibility index (Phi) is 4.53. The van der Waals surface area contributed by atoms with Crippen molar-refractivity contribution in [1.29, 1.82) is 0 Å². The van der Waals surface area contributed by atoms with E-state index in [1.165, 1.54) is 6.26 Å². The van der Waals surface area contributed by atoms with Crippen LogP contribution >= 0.6 is 15.9 Å². The molecule has 7 heteroatoms. The Morgan fingerprint density at radius 2 is 2.24 bits per heavy atom. The number of nitrogens with zero attached hydrogens (tertiary/aromatic N) is 1. The summed E-state index contributed by atoms with van der Waals surface area (Å²) in [5, 5.41) is 0. The van der Waals surface area contributed by atoms with Gasteiger partial charge in [0.25, 0.3) is 0 Å². The van der Waals surface area contributed by atoms with E-state index in [4.69, 9.17) is 5.73 Å². The molecule has 94 valence electrons. The van der Waals surface area contributed by atoms with Gasteiger partial charge in [-0.25, -0.2) is 9.00 Å². The maximum absolute atomic E-state index is 12.3. The minimum atomic E-state index is -2.83. The summed E-state index contributed by atoms with van der Waals surface area (Å²) in [7, 11) is -2.83. The predicted octanol–water partition coefficient (Wildman–Crippen LogP) is 2.64. The van der Waals surface area contributed by atoms with Gasteiger partial charge in [-0.1, -0.05) is 0 Å². The Hall–Kier alpha value is -1.08. The minimum Gasteiger partial charge on any atom is -0.448 e. The van der Waals surface area contributed by atoms with Gasteiger partial charge < -0.3 is 10.5 Å². The van der Waals surface area contributed by atoms with Crippen LogP contribution < -0.4 is 5.73 Å². The molecule has 1 amide bonds. The van der Waals surface area contributed by atoms with Crippen molar-refractivity contribution < 1.29 is 13.7 Å². The number of amides is 1. The van der Waals surface area contributed by atoms with Crippen molar-refractivity contribution >= 4 is 37.4 Å². The number of carbonyl (C=O) groups is 1. The normalized spacial score (nSPS) is 13.8. The van der Waals surface area contributed by atoms with Gasteiger partial charge in [-0.2, -0.15) is 0 Å². The number of nitrogen functional groups attached to an aromatic ring is 1. The first-order chi connectivity index (χ1) is 7.86. The first kappa shape index (κ1) is 14.0. The van der Waals surface area contributed by atoms with Crippen molar-refractivity contribution in [1.82, 2.24) is 0 Å². The molecule has 17 heavy (non-hydrogen) atoms. The third-order valence-corrected chi connectivity index (χ3v) is 4.47. The van der Waals surface area contributed by atoms with Crippen LogP contribution in [-0.2, 0) is 14.5 Å². The van der Waals surface area contributed by atoms with Gasteiger partial charge in [0.2, 0.25) is 0 Å². The molecule has 0 spiro atoms. The van der Waals surface area contributed by atoms with E-state index in [9.17, 15) is 9.00 Å². The first-order valence-corrected chi connectivity index (χ1v) is 7.52. The van der Waals surface area contributed by atoms with E-state index in [0.29, 0.717) is 15.1 Å². The number of carbonyl (C=O) groups excluding carboxylic acids is 1. The van der Waals surface area contributed by atoms with Gasteiger partial charge in [0.1, 0.15) is 0 Å². The number of nitrogens with two attached hydrogens (primary N) is 1. The summed E-state index contributed by atoms with van der Waals surface area (Å²) >= 11 is 3.24. The Morgan fingerprint density at radius 3 is 2.76 bits per heavy atom. The number of benzene rings is 1. The lowest BCUT2D eigenvalue weighted by atomic mass is 10.3. The van der Waals surface area contributed by atoms with Gasteiger partial charge in [0.05, 0.1) is 21.2 Å². The maximum Gasteiger partial charge on any atom is 0.442 e. The van der Waals surface area contributed by atoms with Crippen LogP contribution in [0.5, 0.6) is 0 Å². The van der Waals surface area contributed by atoms with Gasteiger partial charge in [-0.05, 0) is 41.1 Å². The molecular weight excluding hydrogens is 308 g/mol. The van der Waals surface area contributed by atoms with Crippen molar-refractivity contribution in [3.8, 4) is 0 Å². The average molecular weight is 321 g/mol. The molecule has 0 bridgehead atoms. The van der Waals surface area contributed by atoms with Crippen LogP contribution in [0.3, 0.4) is 0 Å². The molecule has 0 aliphatic heterocycles. The molecule has 0 fully saturated rings. The van der Waals surface area contributed by atoms with Gasteiger partial charge in [-0.3, -0.25) is 0 Å². The van der Waals surface area contributed by atoms with Crippen LogP contribution in [0.4, 0.5) is 10.5 Å². The summed E-state index contributed by atoms with van der Waals surface area (Å²) in [4.78, 5) is 11.6. The summed E-state index contributed by atoms with van der Waals surface area (Å²) in [6, 6.07) is 4.79. The Bertz CT molecular complexity index is 550. The summed E-state index contributed by atoms with van der Waals surface area (Å²) in [6.07, 6.45) is 0.545. The molecule has 1 rings (SSSR count). The van der Waals surface area contributed by atoms with Gasteiger partial charge >= 0.3 is 6.09 Å². The molecule has 1 atom stereocenters. The predicted molar refractivity (Wildman–Crippen MR) is 70.3 cm³/mol. The summed E-state index contributed by atoms with van der Waals surface area (Å²) in [5.74, 6) is 0. The van der Waals surface area contributed by atoms with E-state index in [1.54, 1.807) is 25.1 Å². The van der Waals surface area contributed by atoms with E-state index < -0.39 is 15.8 Å². The molecule has 0 aliphatic rings. The zero-order chi connectivity index (χ0) is 13.1. The van der Waals surface area contributed by atoms with E-state index in [1.807, 2.05) is 0 Å². The molecule has 2 N–H and O–H groups in total. The highest BCUT2D eigenvalue weighted by Gasteiger charge is 2.13. The van der Waals surface area contributed by atoms with Gasteiger partial charge in [0.15, 0.2) is 0 Å². The van der Waals surface area contributed by atoms with Crippen molar-refractivity contribution in [2.24, 2.45) is 4.36 Å². The van der Waals surface area contributed by atoms with Crippen molar-refractivity contribution in [2.75, 3.05) is 18.6 Å². The largest absolute Gasteiger partial charge is 0.448 e. The van der Waals surface area contributed by atoms with Crippen LogP contribution in [0, 0.1) is 0 Å². The Balaban J connectivity index is 3.22. The lowest BCUT2D eigenvalue weighted by Crippen LogP contribution is -2.06. The number of rotatable bonds is 2. The smallest absolute Gasteiger partial charge is 0.442 e. The standard InChI is InChI=1S/C10H13BrN2O3S/c1-3-16-10(14)13-17(2,15)9-5-4-7(12)6-8(9)11/h4-6H,3,12H2,1-2H3. The molecule has 1 unspecified atom stereocenters. The second-order valence-corrected chi connectivity index (χ2v) is 6.36. The second-order valence-electron chi connectivity index (χ2n) is 3.28. The number of ether oxygens (including phenoxy) is 1. The maximum atomic E-state index is 12.3. The van der Waals surface area contributed by atoms with Crippen LogP contribution in [-0.4, -0.2) is 23.2 Å². The fraction of sp³-hybridized carbons (Fsp3) is 0.300. The molecular formula is C10H13BrN2O3S. The highest BCUT2D eigenvalue weighted by molar-refractivity contribution is 9.10. The monoisotopic (exact) mass is 320 g/mol. The third kappa shape index (κ3) is 3.71. The summed E-state index contributed by atoms with van der Waals surface area (Å²) < 4.78 is 21.0. The van der Waals surface area contributed by atoms with Crippen LogP contribution in [0.1, 0.15) is 6.92 Å². The van der Waals surface area contributed by atoms with Gasteiger partial charge in [0, 0.05) is 16.4 Å². The average Bonchev–Trinajstić information content (AvgIpc) is 2.15. The lowest BCUT2D eigenvalue weighted by Gasteiger charge is -2.07. The Morgan fingerprint density at radius 1 is 1.59 bits per heavy atom. The molecule has 0 radical (unpaired) electrons. The zero-order valence-electron chi connectivity index (χ0n) is 9.47. The molecule has 0 aliphatic carbocycles. The van der Waals surface area contributed by atoms with Crippen LogP contribution in [0.2, 0.25) is 0 Å². The molecule has 0 heterocycles. The Labute approximate surface area is 109 Å². The highest BCUT2D eigenvalue weighted by atomic mass is 79.9. The fourth-order valence-corrected chi connectivity index (χ4v) is 3.64. The first-order valence-electron chi connectivity index (χ1n) is 4.80.